The predicted octanol–water partition coefficient (Wildman–Crippen LogP) is 3.38. The van der Waals surface area contributed by atoms with E-state index >= 15 is 0 Å². The van der Waals surface area contributed by atoms with E-state index < -0.39 is 0 Å². The number of rotatable bonds is 2. The lowest BCUT2D eigenvalue weighted by Gasteiger charge is -2.03. The molecule has 0 aromatic heterocycles. The number of hydrogen-bond acceptors (Lipinski definition) is 1. The van der Waals surface area contributed by atoms with Crippen molar-refractivity contribution in [3.05, 3.63) is 33.8 Å². The molecule has 1 aromatic rings. The smallest absolute Gasteiger partial charge is 0.252 e. The Morgan fingerprint density at radius 3 is 2.57 bits per heavy atom. The van der Waals surface area contributed by atoms with Gasteiger partial charge in [-0.3, -0.25) is 4.79 Å². The predicted molar refractivity (Wildman–Crippen MR) is 61.2 cm³/mol. The number of hydrogen-bond donors (Lipinski definition) is 1. The lowest BCUT2D eigenvalue weighted by molar-refractivity contribution is 0.0956. The monoisotopic (exact) mass is 233 g/mol. The summed E-state index contributed by atoms with van der Waals surface area (Å²) in [5.41, 5.74) is 0.452. The average Bonchev–Trinajstić information content (AvgIpc) is 2.04. The van der Waals surface area contributed by atoms with Crippen LogP contribution in [-0.2, 0) is 0 Å². The fraction of sp³-hybridized carbons (Fsp3) is 0.300. The number of benzene rings is 1. The Morgan fingerprint density at radius 1 is 1.43 bits per heavy atom. The van der Waals surface area contributed by atoms with Gasteiger partial charge in [0.05, 0.1) is 10.6 Å². The van der Waals surface area contributed by atoms with Gasteiger partial charge < -0.3 is 5.32 Å². The molecule has 78 valence electrons. The summed E-state index contributed by atoms with van der Waals surface area (Å²) < 4.78 is 0. The van der Waals surface area contributed by atoms with Crippen LogP contribution in [-0.4, -0.2) is 12.5 Å². The first kappa shape index (κ1) is 13.3. The molecule has 0 aliphatic carbocycles. The fourth-order valence-corrected chi connectivity index (χ4v) is 1.42. The average molecular weight is 234 g/mol. The van der Waals surface area contributed by atoms with Crippen molar-refractivity contribution in [1.29, 1.82) is 0 Å². The first-order valence-corrected chi connectivity index (χ1v) is 4.64. The van der Waals surface area contributed by atoms with Crippen LogP contribution in [0.2, 0.25) is 10.0 Å². The molecular weight excluding hydrogens is 221 g/mol. The van der Waals surface area contributed by atoms with Gasteiger partial charge in [-0.25, -0.2) is 0 Å². The Hall–Kier alpha value is -0.730. The summed E-state index contributed by atoms with van der Waals surface area (Å²) in [5, 5.41) is 3.56. The Kier molecular flexibility index (Phi) is 5.58. The van der Waals surface area contributed by atoms with Gasteiger partial charge >= 0.3 is 0 Å². The van der Waals surface area contributed by atoms with E-state index in [1.807, 2.05) is 6.92 Å². The van der Waals surface area contributed by atoms with Gasteiger partial charge in [0, 0.05) is 11.6 Å². The quantitative estimate of drug-likeness (QED) is 0.834. The number of nitrogens with one attached hydrogen (secondary N) is 1. The molecule has 4 heteroatoms. The Bertz CT molecular complexity index is 326. The summed E-state index contributed by atoms with van der Waals surface area (Å²) in [6.07, 6.45) is 0. The first-order valence-electron chi connectivity index (χ1n) is 3.88. The van der Waals surface area contributed by atoms with Crippen molar-refractivity contribution >= 4 is 29.1 Å². The third-order valence-electron chi connectivity index (χ3n) is 1.51. The number of amides is 1. The molecule has 0 bridgehead atoms. The molecule has 0 atom stereocenters. The Balaban J connectivity index is 0.00000169. The minimum atomic E-state index is -0.177. The Morgan fingerprint density at radius 2 is 2.07 bits per heavy atom. The lowest BCUT2D eigenvalue weighted by atomic mass is 10.2. The maximum atomic E-state index is 11.3. The van der Waals surface area contributed by atoms with Crippen LogP contribution >= 0.6 is 23.2 Å². The van der Waals surface area contributed by atoms with Gasteiger partial charge in [-0.05, 0) is 25.1 Å². The van der Waals surface area contributed by atoms with E-state index in [1.54, 1.807) is 18.2 Å². The summed E-state index contributed by atoms with van der Waals surface area (Å²) in [5.74, 6) is -0.177. The third kappa shape index (κ3) is 3.20. The van der Waals surface area contributed by atoms with Crippen molar-refractivity contribution in [3.8, 4) is 0 Å². The van der Waals surface area contributed by atoms with Crippen LogP contribution in [0.25, 0.3) is 0 Å². The highest BCUT2D eigenvalue weighted by molar-refractivity contribution is 6.36. The minimum Gasteiger partial charge on any atom is -0.352 e. The van der Waals surface area contributed by atoms with Crippen molar-refractivity contribution in [2.24, 2.45) is 0 Å². The van der Waals surface area contributed by atoms with Gasteiger partial charge in [-0.15, -0.1) is 0 Å². The van der Waals surface area contributed by atoms with Gasteiger partial charge in [0.15, 0.2) is 0 Å². The summed E-state index contributed by atoms with van der Waals surface area (Å²) in [6.45, 7) is 2.43. The highest BCUT2D eigenvalue weighted by Crippen LogP contribution is 2.20. The van der Waals surface area contributed by atoms with Gasteiger partial charge in [0.25, 0.3) is 5.91 Å². The summed E-state index contributed by atoms with van der Waals surface area (Å²) in [4.78, 5) is 11.3. The van der Waals surface area contributed by atoms with Crippen LogP contribution in [0.3, 0.4) is 0 Å². The molecule has 14 heavy (non-hydrogen) atoms. The molecule has 1 rings (SSSR count). The SMILES string of the molecule is C.CCNC(=O)c1ccc(Cl)cc1Cl. The maximum absolute atomic E-state index is 11.3. The van der Waals surface area contributed by atoms with E-state index in [1.165, 1.54) is 0 Å². The third-order valence-corrected chi connectivity index (χ3v) is 2.06. The second kappa shape index (κ2) is 5.89. The van der Waals surface area contributed by atoms with E-state index in [0.29, 0.717) is 22.2 Å². The molecule has 0 aliphatic heterocycles. The molecule has 2 nitrogen and oxygen atoms in total. The molecule has 0 saturated heterocycles. The summed E-state index contributed by atoms with van der Waals surface area (Å²) in [6, 6.07) is 4.79. The molecule has 0 aliphatic rings. The molecule has 0 saturated carbocycles. The van der Waals surface area contributed by atoms with Crippen molar-refractivity contribution in [3.63, 3.8) is 0 Å². The van der Waals surface area contributed by atoms with Crippen LogP contribution in [0.5, 0.6) is 0 Å². The molecule has 0 spiro atoms. The molecule has 1 amide bonds. The van der Waals surface area contributed by atoms with Crippen molar-refractivity contribution in [2.75, 3.05) is 6.54 Å². The molecule has 0 fully saturated rings. The highest BCUT2D eigenvalue weighted by Gasteiger charge is 2.08. The molecule has 0 unspecified atom stereocenters. The highest BCUT2D eigenvalue weighted by atomic mass is 35.5. The minimum absolute atomic E-state index is 0. The van der Waals surface area contributed by atoms with Gasteiger partial charge in [-0.2, -0.15) is 0 Å². The van der Waals surface area contributed by atoms with E-state index in [4.69, 9.17) is 23.2 Å². The van der Waals surface area contributed by atoms with Gasteiger partial charge in [0.2, 0.25) is 0 Å². The Labute approximate surface area is 94.2 Å². The van der Waals surface area contributed by atoms with Gasteiger partial charge in [0.1, 0.15) is 0 Å². The van der Waals surface area contributed by atoms with Crippen LogP contribution < -0.4 is 5.32 Å². The van der Waals surface area contributed by atoms with Crippen LogP contribution in [0.4, 0.5) is 0 Å². The van der Waals surface area contributed by atoms with Crippen molar-refractivity contribution in [1.82, 2.24) is 5.32 Å². The topological polar surface area (TPSA) is 29.1 Å². The molecule has 1 aromatic carbocycles. The molecule has 1 N–H and O–H groups in total. The standard InChI is InChI=1S/C9H9Cl2NO.CH4/c1-2-12-9(13)7-4-3-6(10)5-8(7)11;/h3-5H,2H2,1H3,(H,12,13);1H4. The second-order valence-electron chi connectivity index (χ2n) is 2.48. The number of halogens is 2. The van der Waals surface area contributed by atoms with E-state index in [9.17, 15) is 4.79 Å². The van der Waals surface area contributed by atoms with Crippen molar-refractivity contribution < 1.29 is 4.79 Å². The maximum Gasteiger partial charge on any atom is 0.252 e. The number of carbonyl (C=O) groups is 1. The van der Waals surface area contributed by atoms with Crippen molar-refractivity contribution in [2.45, 2.75) is 14.4 Å². The van der Waals surface area contributed by atoms with Crippen LogP contribution in [0.15, 0.2) is 18.2 Å². The summed E-state index contributed by atoms with van der Waals surface area (Å²) in [7, 11) is 0. The fourth-order valence-electron chi connectivity index (χ4n) is 0.929. The van der Waals surface area contributed by atoms with E-state index in [0.717, 1.165) is 0 Å². The van der Waals surface area contributed by atoms with E-state index in [2.05, 4.69) is 5.32 Å². The molecule has 0 radical (unpaired) electrons. The summed E-state index contributed by atoms with van der Waals surface area (Å²) >= 11 is 11.5. The van der Waals surface area contributed by atoms with Gasteiger partial charge in [-0.1, -0.05) is 30.6 Å². The lowest BCUT2D eigenvalue weighted by Crippen LogP contribution is -2.22. The number of carbonyl (C=O) groups excluding carboxylic acids is 1. The zero-order chi connectivity index (χ0) is 9.84. The second-order valence-corrected chi connectivity index (χ2v) is 3.33. The molecule has 0 heterocycles. The zero-order valence-corrected chi connectivity index (χ0v) is 8.62. The van der Waals surface area contributed by atoms with E-state index in [-0.39, 0.29) is 13.3 Å². The van der Waals surface area contributed by atoms with Crippen LogP contribution in [0.1, 0.15) is 24.7 Å². The largest absolute Gasteiger partial charge is 0.352 e. The van der Waals surface area contributed by atoms with Crippen LogP contribution in [0, 0.1) is 0 Å². The first-order chi connectivity index (χ1) is 6.15. The normalized spacial score (nSPS) is 9.07. The zero-order valence-electron chi connectivity index (χ0n) is 7.10. The molecular formula is C10H13Cl2NO.